The monoisotopic (exact) mass is 755 g/mol. The second-order valence-electron chi connectivity index (χ2n) is 11.3. The van der Waals surface area contributed by atoms with Crippen LogP contribution >= 0.6 is 12.6 Å². The molecule has 0 unspecified atom stereocenters. The lowest BCUT2D eigenvalue weighted by molar-refractivity contribution is -0.143. The lowest BCUT2D eigenvalue weighted by Gasteiger charge is -2.21. The maximum Gasteiger partial charge on any atom is 0.326 e. The number of hydrogen-bond acceptors (Lipinski definition) is 10. The standard InChI is InChI=1S/C31H45N7O13S/c39-23(36-22(16-26(44)45)28(47)37-21(15-25(42)43)27(46)32-12-13-52)14-18-4-6-19(7-5-18)17-35-30(50)33-10-2-1-3-11-34-31(51)38-20(29(48)49)8-9-24(40)41/h4-7,20-22,52H,1-3,8-17H2,(H,32,46)(H,36,39)(H,37,47)(H,40,41)(H,42,43)(H,44,45)(H,48,49)(H2,33,35,50)(H2,34,38,51)/t20-,21-,22-/m0/s1. The number of unbranched alkanes of at least 4 members (excludes halogenated alkanes) is 2. The Morgan fingerprint density at radius 2 is 1.13 bits per heavy atom. The van der Waals surface area contributed by atoms with Crippen molar-refractivity contribution < 1.29 is 63.6 Å². The zero-order valence-electron chi connectivity index (χ0n) is 28.1. The van der Waals surface area contributed by atoms with Crippen LogP contribution in [0.25, 0.3) is 0 Å². The molecule has 3 atom stereocenters. The number of urea groups is 2. The van der Waals surface area contributed by atoms with E-state index in [2.05, 4.69) is 49.8 Å². The Balaban J connectivity index is 2.45. The molecule has 0 saturated carbocycles. The number of hydrogen-bond donors (Lipinski definition) is 12. The van der Waals surface area contributed by atoms with Crippen LogP contribution in [0.4, 0.5) is 9.59 Å². The van der Waals surface area contributed by atoms with Gasteiger partial charge in [0.05, 0.1) is 19.3 Å². The highest BCUT2D eigenvalue weighted by Gasteiger charge is 2.30. The topological polar surface area (TPSA) is 319 Å². The number of carbonyl (C=O) groups excluding carboxylic acids is 5. The molecule has 52 heavy (non-hydrogen) atoms. The lowest BCUT2D eigenvalue weighted by atomic mass is 10.1. The summed E-state index contributed by atoms with van der Waals surface area (Å²) in [7, 11) is 0. The molecule has 288 valence electrons. The molecule has 11 N–H and O–H groups in total. The van der Waals surface area contributed by atoms with Gasteiger partial charge in [-0.2, -0.15) is 12.6 Å². The fraction of sp³-hybridized carbons (Fsp3) is 0.516. The summed E-state index contributed by atoms with van der Waals surface area (Å²) in [6.07, 6.45) is -0.723. The van der Waals surface area contributed by atoms with Gasteiger partial charge in [-0.05, 0) is 36.8 Å². The number of carboxylic acids is 4. The number of rotatable bonds is 25. The summed E-state index contributed by atoms with van der Waals surface area (Å²) in [5, 5.41) is 53.0. The van der Waals surface area contributed by atoms with Crippen molar-refractivity contribution in [1.29, 1.82) is 0 Å². The van der Waals surface area contributed by atoms with Gasteiger partial charge in [-0.1, -0.05) is 24.3 Å². The highest BCUT2D eigenvalue weighted by molar-refractivity contribution is 7.80. The van der Waals surface area contributed by atoms with Crippen molar-refractivity contribution in [3.8, 4) is 0 Å². The summed E-state index contributed by atoms with van der Waals surface area (Å²) >= 11 is 3.94. The average Bonchev–Trinajstić information content (AvgIpc) is 3.06. The van der Waals surface area contributed by atoms with Crippen LogP contribution in [0.5, 0.6) is 0 Å². The smallest absolute Gasteiger partial charge is 0.326 e. The van der Waals surface area contributed by atoms with E-state index in [9.17, 15) is 48.3 Å². The summed E-state index contributed by atoms with van der Waals surface area (Å²) < 4.78 is 0. The summed E-state index contributed by atoms with van der Waals surface area (Å²) in [5.41, 5.74) is 1.20. The van der Waals surface area contributed by atoms with Gasteiger partial charge < -0.3 is 57.6 Å². The minimum atomic E-state index is -1.60. The SMILES string of the molecule is O=C(O)CC[C@H](NC(=O)NCCCCCNC(=O)NCc1ccc(CC(=O)N[C@@H](CC(=O)O)C(=O)N[C@@H](CC(=O)O)C(=O)NCCS)cc1)C(=O)O. The Labute approximate surface area is 303 Å². The Morgan fingerprint density at radius 3 is 1.67 bits per heavy atom. The summed E-state index contributed by atoms with van der Waals surface area (Å²) in [4.78, 5) is 106. The highest BCUT2D eigenvalue weighted by atomic mass is 32.1. The van der Waals surface area contributed by atoms with Gasteiger partial charge >= 0.3 is 35.9 Å². The molecule has 20 nitrogen and oxygen atoms in total. The second-order valence-corrected chi connectivity index (χ2v) is 11.7. The Hall–Kier alpha value is -5.60. The highest BCUT2D eigenvalue weighted by Crippen LogP contribution is 2.07. The second kappa shape index (κ2) is 24.5. The largest absolute Gasteiger partial charge is 0.481 e. The van der Waals surface area contributed by atoms with Crippen molar-refractivity contribution in [2.75, 3.05) is 25.4 Å². The fourth-order valence-corrected chi connectivity index (χ4v) is 4.47. The first-order valence-electron chi connectivity index (χ1n) is 16.1. The van der Waals surface area contributed by atoms with Crippen LogP contribution in [0.3, 0.4) is 0 Å². The zero-order valence-corrected chi connectivity index (χ0v) is 29.0. The first-order chi connectivity index (χ1) is 24.6. The van der Waals surface area contributed by atoms with Crippen LogP contribution in [-0.4, -0.2) is 118 Å². The molecule has 0 heterocycles. The number of amides is 7. The molecule has 21 heteroatoms. The van der Waals surface area contributed by atoms with Crippen molar-refractivity contribution in [3.05, 3.63) is 35.4 Å². The number of nitrogens with one attached hydrogen (secondary N) is 7. The van der Waals surface area contributed by atoms with E-state index in [0.29, 0.717) is 36.9 Å². The van der Waals surface area contributed by atoms with E-state index in [1.54, 1.807) is 24.3 Å². The molecule has 0 aliphatic carbocycles. The van der Waals surface area contributed by atoms with Crippen molar-refractivity contribution in [1.82, 2.24) is 37.2 Å². The number of carboxylic acid groups (broad SMARTS) is 4. The minimum absolute atomic E-state index is 0.0961. The molecule has 0 bridgehead atoms. The van der Waals surface area contributed by atoms with Gasteiger partial charge in [0, 0.05) is 38.4 Å². The molecule has 0 aliphatic heterocycles. The average molecular weight is 756 g/mol. The Morgan fingerprint density at radius 1 is 0.577 bits per heavy atom. The third-order valence-corrected chi connectivity index (χ3v) is 7.19. The van der Waals surface area contributed by atoms with Gasteiger partial charge in [-0.3, -0.25) is 28.8 Å². The van der Waals surface area contributed by atoms with E-state index in [0.717, 1.165) is 0 Å². The summed E-state index contributed by atoms with van der Waals surface area (Å²) in [5.74, 6) is -7.64. The molecular formula is C31H45N7O13S. The lowest BCUT2D eigenvalue weighted by Crippen LogP contribution is -2.55. The molecule has 1 rings (SSSR count). The van der Waals surface area contributed by atoms with Crippen LogP contribution in [0, 0.1) is 0 Å². The normalized spacial score (nSPS) is 12.2. The van der Waals surface area contributed by atoms with Gasteiger partial charge in [0.1, 0.15) is 18.1 Å². The quantitative estimate of drug-likeness (QED) is 0.0412. The molecule has 0 aliphatic rings. The van der Waals surface area contributed by atoms with Gasteiger partial charge in [0.2, 0.25) is 17.7 Å². The Kier molecular flexibility index (Phi) is 21.0. The Bertz CT molecular complexity index is 1410. The molecular weight excluding hydrogens is 710 g/mol. The number of benzene rings is 1. The van der Waals surface area contributed by atoms with Crippen molar-refractivity contribution in [2.45, 2.75) is 76.0 Å². The van der Waals surface area contributed by atoms with E-state index in [4.69, 9.17) is 15.3 Å². The van der Waals surface area contributed by atoms with Crippen LogP contribution in [-0.2, 0) is 46.5 Å². The van der Waals surface area contributed by atoms with Crippen molar-refractivity contribution in [3.63, 3.8) is 0 Å². The molecule has 0 radical (unpaired) electrons. The maximum absolute atomic E-state index is 12.8. The van der Waals surface area contributed by atoms with E-state index < -0.39 is 91.0 Å². The molecule has 0 fully saturated rings. The molecule has 0 spiro atoms. The van der Waals surface area contributed by atoms with Crippen molar-refractivity contribution in [2.24, 2.45) is 0 Å². The zero-order chi connectivity index (χ0) is 39.1. The molecule has 0 saturated heterocycles. The number of aliphatic carboxylic acids is 4. The maximum atomic E-state index is 12.8. The van der Waals surface area contributed by atoms with Gasteiger partial charge in [-0.25, -0.2) is 14.4 Å². The van der Waals surface area contributed by atoms with E-state index in [-0.39, 0.29) is 38.2 Å². The van der Waals surface area contributed by atoms with Crippen LogP contribution < -0.4 is 37.2 Å². The van der Waals surface area contributed by atoms with E-state index in [1.165, 1.54) is 0 Å². The van der Waals surface area contributed by atoms with Gasteiger partial charge in [-0.15, -0.1) is 0 Å². The minimum Gasteiger partial charge on any atom is -0.481 e. The van der Waals surface area contributed by atoms with E-state index >= 15 is 0 Å². The molecule has 7 amide bonds. The van der Waals surface area contributed by atoms with Crippen LogP contribution in [0.2, 0.25) is 0 Å². The van der Waals surface area contributed by atoms with E-state index in [1.807, 2.05) is 0 Å². The first-order valence-corrected chi connectivity index (χ1v) is 16.7. The third kappa shape index (κ3) is 20.2. The van der Waals surface area contributed by atoms with Crippen molar-refractivity contribution >= 4 is 66.3 Å². The summed E-state index contributed by atoms with van der Waals surface area (Å²) in [6.45, 7) is 0.832. The van der Waals surface area contributed by atoms with Gasteiger partial charge in [0.15, 0.2) is 0 Å². The molecule has 1 aromatic carbocycles. The van der Waals surface area contributed by atoms with Gasteiger partial charge in [0.25, 0.3) is 0 Å². The van der Waals surface area contributed by atoms with Crippen LogP contribution in [0.15, 0.2) is 24.3 Å². The molecule has 1 aromatic rings. The van der Waals surface area contributed by atoms with Crippen LogP contribution in [0.1, 0.15) is 56.1 Å². The summed E-state index contributed by atoms with van der Waals surface area (Å²) in [6, 6.07) is 0.901. The fourth-order valence-electron chi connectivity index (χ4n) is 4.36. The third-order valence-electron chi connectivity index (χ3n) is 6.97. The number of thiol groups is 1. The molecule has 0 aromatic heterocycles. The predicted molar refractivity (Wildman–Crippen MR) is 184 cm³/mol. The number of carbonyl (C=O) groups is 9. The predicted octanol–water partition coefficient (Wildman–Crippen LogP) is -1.22. The first kappa shape index (κ1) is 44.4.